The van der Waals surface area contributed by atoms with E-state index in [1.807, 2.05) is 13.0 Å². The third kappa shape index (κ3) is 5.82. The zero-order valence-electron chi connectivity index (χ0n) is 22.4. The van der Waals surface area contributed by atoms with Crippen molar-refractivity contribution >= 4 is 16.3 Å². The van der Waals surface area contributed by atoms with Crippen LogP contribution in [0.4, 0.5) is 0 Å². The number of benzene rings is 3. The fraction of sp³-hybridized carbons (Fsp3) is 0.441. The van der Waals surface area contributed by atoms with Gasteiger partial charge in [-0.25, -0.2) is 0 Å². The zero-order chi connectivity index (χ0) is 25.5. The summed E-state index contributed by atoms with van der Waals surface area (Å²) in [6, 6.07) is 28.7. The Morgan fingerprint density at radius 1 is 0.649 bits per heavy atom. The maximum Gasteiger partial charge on any atom is 0.317 e. The first-order valence-corrected chi connectivity index (χ1v) is 16.1. The number of carbonyl (C=O) groups excluding carboxylic acids is 1. The zero-order valence-corrected chi connectivity index (χ0v) is 23.2. The fourth-order valence-corrected chi connectivity index (χ4v) is 9.33. The second-order valence-electron chi connectivity index (χ2n) is 10.9. The van der Waals surface area contributed by atoms with Gasteiger partial charge in [-0.2, -0.15) is 0 Å². The molecular weight excluding hydrogens is 472 g/mol. The first-order chi connectivity index (χ1) is 18.2. The Kier molecular flexibility index (Phi) is 8.71. The van der Waals surface area contributed by atoms with Crippen molar-refractivity contribution in [1.82, 2.24) is 0 Å². The molecule has 0 N–H and O–H groups in total. The predicted molar refractivity (Wildman–Crippen MR) is 154 cm³/mol. The Labute approximate surface area is 225 Å². The van der Waals surface area contributed by atoms with E-state index < -0.39 is 10.3 Å². The molecule has 0 bridgehead atoms. The molecule has 0 unspecified atom stereocenters. The Hall–Kier alpha value is -2.52. The van der Waals surface area contributed by atoms with Gasteiger partial charge in [0.05, 0.1) is 0 Å². The molecular formula is C34H42O2S. The van der Waals surface area contributed by atoms with E-state index in [0.717, 1.165) is 21.1 Å². The maximum atomic E-state index is 13.2. The average molecular weight is 515 g/mol. The van der Waals surface area contributed by atoms with Crippen molar-refractivity contribution in [1.29, 1.82) is 0 Å². The lowest BCUT2D eigenvalue weighted by molar-refractivity contribution is -0.133. The smallest absolute Gasteiger partial charge is 0.317 e. The first kappa shape index (κ1) is 26.1. The van der Waals surface area contributed by atoms with Gasteiger partial charge in [-0.1, -0.05) is 87.9 Å². The molecule has 3 heteroatoms. The van der Waals surface area contributed by atoms with Crippen LogP contribution in [0.15, 0.2) is 93.5 Å². The van der Waals surface area contributed by atoms with Gasteiger partial charge in [-0.15, -0.1) is 0 Å². The van der Waals surface area contributed by atoms with E-state index in [1.165, 1.54) is 75.3 Å². The molecule has 0 radical (unpaired) electrons. The van der Waals surface area contributed by atoms with Crippen molar-refractivity contribution in [3.8, 4) is 0 Å². The molecule has 3 aromatic carbocycles. The molecule has 2 fully saturated rings. The minimum atomic E-state index is -2.20. The van der Waals surface area contributed by atoms with E-state index >= 15 is 0 Å². The lowest BCUT2D eigenvalue weighted by Crippen LogP contribution is -2.14. The molecule has 0 aromatic heterocycles. The maximum absolute atomic E-state index is 13.2. The van der Waals surface area contributed by atoms with Gasteiger partial charge in [0, 0.05) is 21.1 Å². The number of rotatable bonds is 8. The Bertz CT molecular complexity index is 1060. The van der Waals surface area contributed by atoms with Crippen LogP contribution in [0.1, 0.15) is 107 Å². The first-order valence-electron chi connectivity index (χ1n) is 14.5. The monoisotopic (exact) mass is 514 g/mol. The van der Waals surface area contributed by atoms with E-state index in [4.69, 9.17) is 4.18 Å². The van der Waals surface area contributed by atoms with E-state index in [2.05, 4.69) is 72.8 Å². The van der Waals surface area contributed by atoms with Gasteiger partial charge in [0.25, 0.3) is 0 Å². The Morgan fingerprint density at radius 2 is 1.08 bits per heavy atom. The number of carbonyl (C=O) groups is 1. The molecule has 2 nitrogen and oxygen atoms in total. The highest BCUT2D eigenvalue weighted by Gasteiger charge is 2.36. The molecule has 196 valence electrons. The van der Waals surface area contributed by atoms with Crippen molar-refractivity contribution in [2.45, 2.75) is 110 Å². The van der Waals surface area contributed by atoms with Gasteiger partial charge in [-0.05, 0) is 102 Å². The summed E-state index contributed by atoms with van der Waals surface area (Å²) in [4.78, 5) is 16.5. The quantitative estimate of drug-likeness (QED) is 0.299. The second-order valence-corrected chi connectivity index (χ2v) is 13.6. The number of hydrogen-bond donors (Lipinski definition) is 0. The summed E-state index contributed by atoms with van der Waals surface area (Å²) in [5, 5.41) is 0. The molecule has 0 heterocycles. The molecule has 0 aliphatic heterocycles. The summed E-state index contributed by atoms with van der Waals surface area (Å²) in [7, 11) is -2.20. The van der Waals surface area contributed by atoms with Crippen LogP contribution in [0.25, 0.3) is 0 Å². The van der Waals surface area contributed by atoms with E-state index in [1.54, 1.807) is 0 Å². The van der Waals surface area contributed by atoms with E-state index in [-0.39, 0.29) is 5.97 Å². The van der Waals surface area contributed by atoms with Crippen LogP contribution >= 0.6 is 10.3 Å². The van der Waals surface area contributed by atoms with Crippen LogP contribution in [-0.2, 0) is 8.98 Å². The van der Waals surface area contributed by atoms with Crippen molar-refractivity contribution in [2.24, 2.45) is 0 Å². The average Bonchev–Trinajstić information content (AvgIpc) is 2.98. The van der Waals surface area contributed by atoms with Crippen molar-refractivity contribution in [2.75, 3.05) is 0 Å². The SMILES string of the molecule is CCCC(=O)OS(c1ccccc1)(c1ccc(C2CCCCC2)cc1)c1ccc(C2CCCCC2)cc1. The summed E-state index contributed by atoms with van der Waals surface area (Å²) >= 11 is 0. The highest BCUT2D eigenvalue weighted by molar-refractivity contribution is 8.30. The minimum absolute atomic E-state index is 0.117. The molecule has 2 saturated carbocycles. The van der Waals surface area contributed by atoms with Gasteiger partial charge in [0.15, 0.2) is 0 Å². The summed E-state index contributed by atoms with van der Waals surface area (Å²) in [5.41, 5.74) is 2.86. The minimum Gasteiger partial charge on any atom is -0.402 e. The largest absolute Gasteiger partial charge is 0.402 e. The van der Waals surface area contributed by atoms with Gasteiger partial charge < -0.3 is 4.18 Å². The summed E-state index contributed by atoms with van der Waals surface area (Å²) in [5.74, 6) is 1.19. The van der Waals surface area contributed by atoms with Crippen molar-refractivity contribution in [3.05, 3.63) is 90.0 Å². The molecule has 0 spiro atoms. The summed E-state index contributed by atoms with van der Waals surface area (Å²) in [6.45, 7) is 2.04. The second kappa shape index (κ2) is 12.3. The van der Waals surface area contributed by atoms with Gasteiger partial charge in [0.1, 0.15) is 0 Å². The molecule has 2 aliphatic rings. The Morgan fingerprint density at radius 3 is 1.51 bits per heavy atom. The van der Waals surface area contributed by atoms with Gasteiger partial charge >= 0.3 is 5.97 Å². The van der Waals surface area contributed by atoms with Crippen LogP contribution in [0.2, 0.25) is 0 Å². The lowest BCUT2D eigenvalue weighted by Gasteiger charge is -2.40. The third-order valence-electron chi connectivity index (χ3n) is 8.32. The van der Waals surface area contributed by atoms with E-state index in [9.17, 15) is 4.79 Å². The molecule has 0 atom stereocenters. The molecule has 0 saturated heterocycles. The van der Waals surface area contributed by atoms with Crippen LogP contribution < -0.4 is 0 Å². The van der Waals surface area contributed by atoms with Gasteiger partial charge in [0.2, 0.25) is 0 Å². The van der Waals surface area contributed by atoms with Gasteiger partial charge in [-0.3, -0.25) is 4.79 Å². The van der Waals surface area contributed by atoms with Crippen molar-refractivity contribution < 1.29 is 8.98 Å². The summed E-state index contributed by atoms with van der Waals surface area (Å²) in [6.07, 6.45) is 14.4. The normalized spacial score (nSPS) is 17.9. The highest BCUT2D eigenvalue weighted by atomic mass is 32.3. The molecule has 0 amide bonds. The fourth-order valence-electron chi connectivity index (χ4n) is 6.29. The highest BCUT2D eigenvalue weighted by Crippen LogP contribution is 2.69. The van der Waals surface area contributed by atoms with Crippen LogP contribution in [0, 0.1) is 0 Å². The number of hydrogen-bond acceptors (Lipinski definition) is 2. The molecule has 3 aromatic rings. The topological polar surface area (TPSA) is 26.3 Å². The molecule has 2 aliphatic carbocycles. The lowest BCUT2D eigenvalue weighted by atomic mass is 9.84. The third-order valence-corrected chi connectivity index (χ3v) is 11.6. The van der Waals surface area contributed by atoms with Crippen molar-refractivity contribution in [3.63, 3.8) is 0 Å². The van der Waals surface area contributed by atoms with E-state index in [0.29, 0.717) is 18.3 Å². The van der Waals surface area contributed by atoms with Crippen LogP contribution in [0.3, 0.4) is 0 Å². The molecule has 37 heavy (non-hydrogen) atoms. The Balaban J connectivity index is 1.59. The summed E-state index contributed by atoms with van der Waals surface area (Å²) < 4.78 is 6.65. The van der Waals surface area contributed by atoms with Crippen LogP contribution in [0.5, 0.6) is 0 Å². The molecule has 5 rings (SSSR count). The predicted octanol–water partition coefficient (Wildman–Crippen LogP) is 10.3. The van der Waals surface area contributed by atoms with Crippen LogP contribution in [-0.4, -0.2) is 5.97 Å². The standard InChI is InChI=1S/C34H42O2S/c1-2-12-34(35)36-37(31-17-10-5-11-18-31,32-23-19-29(20-24-32)27-13-6-3-7-14-27)33-25-21-30(22-26-33)28-15-8-4-9-16-28/h5,10-11,17-28H,2-4,6-9,12-16H2,1H3.